The van der Waals surface area contributed by atoms with Gasteiger partial charge in [0.2, 0.25) is 0 Å². The fraction of sp³-hybridized carbons (Fsp3) is 0.190. The first-order valence-electron chi connectivity index (χ1n) is 7.95. The Hall–Kier alpha value is -2.81. The van der Waals surface area contributed by atoms with Crippen LogP contribution in [-0.2, 0) is 0 Å². The van der Waals surface area contributed by atoms with E-state index in [1.165, 1.54) is 5.57 Å². The van der Waals surface area contributed by atoms with Crippen LogP contribution in [0.4, 0.5) is 0 Å². The molecule has 0 atom stereocenters. The predicted molar refractivity (Wildman–Crippen MR) is 97.6 cm³/mol. The summed E-state index contributed by atoms with van der Waals surface area (Å²) < 4.78 is 11.3. The van der Waals surface area contributed by atoms with Crippen molar-refractivity contribution in [2.24, 2.45) is 0 Å². The maximum atomic E-state index is 12.0. The van der Waals surface area contributed by atoms with Crippen molar-refractivity contribution in [3.8, 4) is 16.9 Å². The van der Waals surface area contributed by atoms with Crippen LogP contribution in [0, 0.1) is 6.92 Å². The summed E-state index contributed by atoms with van der Waals surface area (Å²) in [6.45, 7) is 6.47. The topological polar surface area (TPSA) is 39.4 Å². The smallest absolute Gasteiger partial charge is 0.336 e. The Morgan fingerprint density at radius 1 is 1.12 bits per heavy atom. The monoisotopic (exact) mass is 320 g/mol. The molecule has 2 aromatic carbocycles. The van der Waals surface area contributed by atoms with E-state index in [2.05, 4.69) is 0 Å². The summed E-state index contributed by atoms with van der Waals surface area (Å²) in [6, 6.07) is 15.3. The summed E-state index contributed by atoms with van der Waals surface area (Å²) in [5.74, 6) is 0.730. The third-order valence-corrected chi connectivity index (χ3v) is 3.93. The lowest BCUT2D eigenvalue weighted by Gasteiger charge is -2.11. The van der Waals surface area contributed by atoms with E-state index in [9.17, 15) is 4.79 Å². The van der Waals surface area contributed by atoms with Crippen LogP contribution in [0.5, 0.6) is 5.75 Å². The van der Waals surface area contributed by atoms with Gasteiger partial charge in [0.1, 0.15) is 17.9 Å². The molecule has 0 amide bonds. The van der Waals surface area contributed by atoms with Gasteiger partial charge in [0.15, 0.2) is 0 Å². The number of ether oxygens (including phenoxy) is 1. The van der Waals surface area contributed by atoms with E-state index >= 15 is 0 Å². The van der Waals surface area contributed by atoms with E-state index in [0.29, 0.717) is 12.2 Å². The summed E-state index contributed by atoms with van der Waals surface area (Å²) >= 11 is 0. The van der Waals surface area contributed by atoms with Crippen LogP contribution in [0.3, 0.4) is 0 Å². The molecular formula is C21H20O3. The fourth-order valence-corrected chi connectivity index (χ4v) is 2.65. The van der Waals surface area contributed by atoms with Crippen LogP contribution in [0.15, 0.2) is 69.4 Å². The largest absolute Gasteiger partial charge is 0.489 e. The standard InChI is InChI=1S/C21H20O3/c1-14(2)11-12-23-19-10-9-17-18(16-7-5-4-6-8-16)13-20(22)24-21(17)15(19)3/h4-11,13H,12H2,1-3H3. The Kier molecular flexibility index (Phi) is 4.52. The molecule has 3 aromatic rings. The molecule has 1 aromatic heterocycles. The number of allylic oxidation sites excluding steroid dienone is 1. The minimum absolute atomic E-state index is 0.356. The molecule has 0 saturated heterocycles. The number of hydrogen-bond acceptors (Lipinski definition) is 3. The van der Waals surface area contributed by atoms with E-state index in [4.69, 9.17) is 9.15 Å². The van der Waals surface area contributed by atoms with Gasteiger partial charge in [-0.05, 0) is 50.1 Å². The van der Waals surface area contributed by atoms with Gasteiger partial charge in [0.05, 0.1) is 0 Å². The molecule has 0 spiro atoms. The second-order valence-corrected chi connectivity index (χ2v) is 6.00. The SMILES string of the molecule is CC(C)=CCOc1ccc2c(-c3ccccc3)cc(=O)oc2c1C. The zero-order valence-electron chi connectivity index (χ0n) is 14.1. The molecule has 0 aliphatic rings. The summed E-state index contributed by atoms with van der Waals surface area (Å²) in [6.07, 6.45) is 2.01. The Labute approximate surface area is 141 Å². The van der Waals surface area contributed by atoms with Gasteiger partial charge in [-0.2, -0.15) is 0 Å². The van der Waals surface area contributed by atoms with Crippen LogP contribution in [0.25, 0.3) is 22.1 Å². The second-order valence-electron chi connectivity index (χ2n) is 6.00. The molecule has 3 nitrogen and oxygen atoms in total. The molecule has 1 heterocycles. The molecule has 122 valence electrons. The molecule has 24 heavy (non-hydrogen) atoms. The molecule has 3 rings (SSSR count). The van der Waals surface area contributed by atoms with Crippen molar-refractivity contribution < 1.29 is 9.15 Å². The van der Waals surface area contributed by atoms with Crippen molar-refractivity contribution in [3.63, 3.8) is 0 Å². The average Bonchev–Trinajstić information content (AvgIpc) is 2.57. The van der Waals surface area contributed by atoms with Gasteiger partial charge in [0.25, 0.3) is 0 Å². The minimum Gasteiger partial charge on any atom is -0.489 e. The Balaban J connectivity index is 2.12. The number of rotatable bonds is 4. The summed E-state index contributed by atoms with van der Waals surface area (Å²) in [5.41, 5.74) is 4.13. The Morgan fingerprint density at radius 2 is 1.88 bits per heavy atom. The van der Waals surface area contributed by atoms with Gasteiger partial charge in [-0.15, -0.1) is 0 Å². The highest BCUT2D eigenvalue weighted by atomic mass is 16.5. The normalized spacial score (nSPS) is 10.6. The van der Waals surface area contributed by atoms with Gasteiger partial charge in [-0.25, -0.2) is 4.79 Å². The molecule has 0 radical (unpaired) electrons. The first kappa shape index (κ1) is 16.1. The minimum atomic E-state index is -0.356. The summed E-state index contributed by atoms with van der Waals surface area (Å²) in [4.78, 5) is 12.0. The molecule has 0 unspecified atom stereocenters. The number of fused-ring (bicyclic) bond motifs is 1. The number of benzene rings is 2. The van der Waals surface area contributed by atoms with Gasteiger partial charge < -0.3 is 9.15 Å². The Bertz CT molecular complexity index is 946. The molecule has 0 saturated carbocycles. The fourth-order valence-electron chi connectivity index (χ4n) is 2.65. The van der Waals surface area contributed by atoms with Crippen LogP contribution in [-0.4, -0.2) is 6.61 Å². The lowest BCUT2D eigenvalue weighted by atomic mass is 10.0. The van der Waals surface area contributed by atoms with Crippen molar-refractivity contribution in [2.45, 2.75) is 20.8 Å². The molecular weight excluding hydrogens is 300 g/mol. The highest BCUT2D eigenvalue weighted by Crippen LogP contribution is 2.32. The average molecular weight is 320 g/mol. The van der Waals surface area contributed by atoms with Gasteiger partial charge in [0, 0.05) is 17.0 Å². The first-order chi connectivity index (χ1) is 11.6. The van der Waals surface area contributed by atoms with E-state index in [1.54, 1.807) is 6.07 Å². The van der Waals surface area contributed by atoms with Crippen LogP contribution < -0.4 is 10.4 Å². The van der Waals surface area contributed by atoms with E-state index in [1.807, 2.05) is 69.3 Å². The van der Waals surface area contributed by atoms with E-state index in [-0.39, 0.29) is 5.63 Å². The maximum absolute atomic E-state index is 12.0. The predicted octanol–water partition coefficient (Wildman–Crippen LogP) is 5.11. The van der Waals surface area contributed by atoms with Crippen molar-refractivity contribution in [1.29, 1.82) is 0 Å². The first-order valence-corrected chi connectivity index (χ1v) is 7.95. The molecule has 0 N–H and O–H groups in total. The van der Waals surface area contributed by atoms with E-state index < -0.39 is 0 Å². The van der Waals surface area contributed by atoms with E-state index in [0.717, 1.165) is 27.8 Å². The second kappa shape index (κ2) is 6.75. The molecule has 0 fully saturated rings. The molecule has 0 bridgehead atoms. The zero-order valence-corrected chi connectivity index (χ0v) is 14.1. The van der Waals surface area contributed by atoms with Crippen LogP contribution in [0.1, 0.15) is 19.4 Å². The zero-order chi connectivity index (χ0) is 17.1. The Morgan fingerprint density at radius 3 is 2.58 bits per heavy atom. The molecule has 0 aliphatic heterocycles. The summed E-state index contributed by atoms with van der Waals surface area (Å²) in [7, 11) is 0. The lowest BCUT2D eigenvalue weighted by molar-refractivity contribution is 0.359. The van der Waals surface area contributed by atoms with Gasteiger partial charge in [-0.1, -0.05) is 35.9 Å². The highest BCUT2D eigenvalue weighted by Gasteiger charge is 2.12. The van der Waals surface area contributed by atoms with Crippen molar-refractivity contribution in [2.75, 3.05) is 6.61 Å². The molecule has 0 aliphatic carbocycles. The van der Waals surface area contributed by atoms with Crippen LogP contribution >= 0.6 is 0 Å². The highest BCUT2D eigenvalue weighted by molar-refractivity contribution is 5.95. The van der Waals surface area contributed by atoms with Crippen molar-refractivity contribution >= 4 is 11.0 Å². The quantitative estimate of drug-likeness (QED) is 0.495. The maximum Gasteiger partial charge on any atom is 0.336 e. The van der Waals surface area contributed by atoms with Gasteiger partial charge >= 0.3 is 5.63 Å². The third-order valence-electron chi connectivity index (χ3n) is 3.93. The van der Waals surface area contributed by atoms with Crippen molar-refractivity contribution in [3.05, 3.63) is 76.2 Å². The summed E-state index contributed by atoms with van der Waals surface area (Å²) in [5, 5.41) is 0.910. The van der Waals surface area contributed by atoms with Crippen LogP contribution in [0.2, 0.25) is 0 Å². The number of hydrogen-bond donors (Lipinski definition) is 0. The number of aryl methyl sites for hydroxylation is 1. The third kappa shape index (κ3) is 3.25. The molecule has 3 heteroatoms. The van der Waals surface area contributed by atoms with Gasteiger partial charge in [-0.3, -0.25) is 0 Å². The van der Waals surface area contributed by atoms with Crippen molar-refractivity contribution in [1.82, 2.24) is 0 Å². The lowest BCUT2D eigenvalue weighted by Crippen LogP contribution is -2.01.